The number of hydrogen-bond donors (Lipinski definition) is 2. The Kier molecular flexibility index (Phi) is 5.92. The molecular weight excluding hydrogens is 290 g/mol. The van der Waals surface area contributed by atoms with Crippen LogP contribution in [0.15, 0.2) is 60.7 Å². The summed E-state index contributed by atoms with van der Waals surface area (Å²) in [6.07, 6.45) is 1.09. The Hall–Kier alpha value is -2.62. The first kappa shape index (κ1) is 16.7. The predicted octanol–water partition coefficient (Wildman–Crippen LogP) is 3.51. The van der Waals surface area contributed by atoms with E-state index in [0.29, 0.717) is 5.56 Å². The molecule has 0 aromatic heterocycles. The third-order valence-corrected chi connectivity index (χ3v) is 3.88. The number of nitrogens with one attached hydrogen (secondary N) is 1. The number of carboxylic acids is 1. The molecule has 23 heavy (non-hydrogen) atoms. The highest BCUT2D eigenvalue weighted by molar-refractivity contribution is 5.84. The van der Waals surface area contributed by atoms with Gasteiger partial charge in [0.15, 0.2) is 6.04 Å². The van der Waals surface area contributed by atoms with Gasteiger partial charge in [0.05, 0.1) is 0 Å². The largest absolute Gasteiger partial charge is 0.479 e. The van der Waals surface area contributed by atoms with E-state index in [1.165, 1.54) is 0 Å². The molecule has 0 saturated heterocycles. The summed E-state index contributed by atoms with van der Waals surface area (Å²) in [5.74, 6) is -1.23. The van der Waals surface area contributed by atoms with Gasteiger partial charge in [-0.1, -0.05) is 67.6 Å². The van der Waals surface area contributed by atoms with Gasteiger partial charge in [0, 0.05) is 6.42 Å². The monoisotopic (exact) mass is 311 g/mol. The zero-order valence-corrected chi connectivity index (χ0v) is 13.1. The molecule has 0 fully saturated rings. The third kappa shape index (κ3) is 4.68. The molecule has 2 aromatic rings. The van der Waals surface area contributed by atoms with Crippen LogP contribution < -0.4 is 5.32 Å². The van der Waals surface area contributed by atoms with Crippen molar-refractivity contribution < 1.29 is 14.7 Å². The van der Waals surface area contributed by atoms with Crippen LogP contribution in [-0.2, 0) is 9.59 Å². The molecule has 0 heterocycles. The molecule has 0 aliphatic carbocycles. The summed E-state index contributed by atoms with van der Waals surface area (Å²) in [7, 11) is 0. The Morgan fingerprint density at radius 1 is 0.957 bits per heavy atom. The van der Waals surface area contributed by atoms with Crippen molar-refractivity contribution in [2.24, 2.45) is 0 Å². The van der Waals surface area contributed by atoms with Crippen molar-refractivity contribution in [2.45, 2.75) is 31.7 Å². The second-order valence-corrected chi connectivity index (χ2v) is 5.47. The van der Waals surface area contributed by atoms with Crippen LogP contribution in [0.3, 0.4) is 0 Å². The molecule has 0 saturated carbocycles. The molecule has 1 amide bonds. The van der Waals surface area contributed by atoms with Crippen molar-refractivity contribution in [1.29, 1.82) is 0 Å². The molecule has 2 aromatic carbocycles. The average Bonchev–Trinajstić information content (AvgIpc) is 2.59. The lowest BCUT2D eigenvalue weighted by molar-refractivity contribution is -0.142. The van der Waals surface area contributed by atoms with Gasteiger partial charge in [-0.2, -0.15) is 0 Å². The van der Waals surface area contributed by atoms with Crippen molar-refractivity contribution in [3.63, 3.8) is 0 Å². The summed E-state index contributed by atoms with van der Waals surface area (Å²) >= 11 is 0. The second kappa shape index (κ2) is 8.13. The van der Waals surface area contributed by atoms with Gasteiger partial charge >= 0.3 is 5.97 Å². The minimum Gasteiger partial charge on any atom is -0.479 e. The molecular formula is C19H21NO3. The predicted molar refractivity (Wildman–Crippen MR) is 89.1 cm³/mol. The van der Waals surface area contributed by atoms with Gasteiger partial charge in [-0.05, 0) is 23.5 Å². The van der Waals surface area contributed by atoms with Crippen molar-refractivity contribution in [1.82, 2.24) is 5.32 Å². The minimum atomic E-state index is -1.06. The van der Waals surface area contributed by atoms with Crippen LogP contribution in [0.4, 0.5) is 0 Å². The minimum absolute atomic E-state index is 0.0846. The standard InChI is InChI=1S/C19H21NO3/c1-2-14(15-9-5-3-6-10-15)13-17(21)20-18(19(22)23)16-11-7-4-8-12-16/h3-12,14,18H,2,13H2,1H3,(H,20,21)(H,22,23). The fourth-order valence-electron chi connectivity index (χ4n) is 2.60. The van der Waals surface area contributed by atoms with Gasteiger partial charge in [-0.3, -0.25) is 4.79 Å². The fourth-order valence-corrected chi connectivity index (χ4v) is 2.60. The maximum atomic E-state index is 12.3. The number of hydrogen-bond acceptors (Lipinski definition) is 2. The van der Waals surface area contributed by atoms with E-state index >= 15 is 0 Å². The Morgan fingerprint density at radius 3 is 1.96 bits per heavy atom. The van der Waals surface area contributed by atoms with Gasteiger partial charge in [-0.15, -0.1) is 0 Å². The van der Waals surface area contributed by atoms with Crippen LogP contribution >= 0.6 is 0 Å². The summed E-state index contributed by atoms with van der Waals surface area (Å²) < 4.78 is 0. The first-order chi connectivity index (χ1) is 11.1. The van der Waals surface area contributed by atoms with Crippen LogP contribution in [0.25, 0.3) is 0 Å². The number of aliphatic carboxylic acids is 1. The Bertz CT molecular complexity index is 640. The average molecular weight is 311 g/mol. The number of benzene rings is 2. The van der Waals surface area contributed by atoms with E-state index in [2.05, 4.69) is 5.32 Å². The summed E-state index contributed by atoms with van der Waals surface area (Å²) in [5.41, 5.74) is 1.66. The molecule has 2 atom stereocenters. The lowest BCUT2D eigenvalue weighted by atomic mass is 9.93. The zero-order chi connectivity index (χ0) is 16.7. The van der Waals surface area contributed by atoms with E-state index < -0.39 is 12.0 Å². The van der Waals surface area contributed by atoms with E-state index in [9.17, 15) is 14.7 Å². The van der Waals surface area contributed by atoms with E-state index in [1.54, 1.807) is 24.3 Å². The number of carbonyl (C=O) groups is 2. The molecule has 2 N–H and O–H groups in total. The van der Waals surface area contributed by atoms with Crippen molar-refractivity contribution >= 4 is 11.9 Å². The topological polar surface area (TPSA) is 66.4 Å². The quantitative estimate of drug-likeness (QED) is 0.822. The van der Waals surface area contributed by atoms with Gasteiger partial charge in [0.25, 0.3) is 0 Å². The van der Waals surface area contributed by atoms with Crippen LogP contribution in [0.1, 0.15) is 42.9 Å². The fraction of sp³-hybridized carbons (Fsp3) is 0.263. The van der Waals surface area contributed by atoms with Crippen molar-refractivity contribution in [3.8, 4) is 0 Å². The molecule has 0 bridgehead atoms. The summed E-state index contributed by atoms with van der Waals surface area (Å²) in [4.78, 5) is 23.7. The lowest BCUT2D eigenvalue weighted by Crippen LogP contribution is -2.34. The van der Waals surface area contributed by atoms with Crippen LogP contribution in [-0.4, -0.2) is 17.0 Å². The maximum absolute atomic E-state index is 12.3. The SMILES string of the molecule is CCC(CC(=O)NC(C(=O)O)c1ccccc1)c1ccccc1. The van der Waals surface area contributed by atoms with Crippen molar-refractivity contribution in [2.75, 3.05) is 0 Å². The third-order valence-electron chi connectivity index (χ3n) is 3.88. The molecule has 2 unspecified atom stereocenters. The van der Waals surface area contributed by atoms with E-state index in [1.807, 2.05) is 43.3 Å². The molecule has 0 radical (unpaired) electrons. The van der Waals surface area contributed by atoms with Crippen LogP contribution in [0.2, 0.25) is 0 Å². The molecule has 0 aliphatic rings. The molecule has 4 heteroatoms. The summed E-state index contributed by atoms with van der Waals surface area (Å²) in [5, 5.41) is 12.0. The Morgan fingerprint density at radius 2 is 1.48 bits per heavy atom. The highest BCUT2D eigenvalue weighted by Crippen LogP contribution is 2.23. The Balaban J connectivity index is 2.06. The molecule has 2 rings (SSSR count). The summed E-state index contributed by atoms with van der Waals surface area (Å²) in [6, 6.07) is 17.5. The van der Waals surface area contributed by atoms with E-state index in [0.717, 1.165) is 12.0 Å². The van der Waals surface area contributed by atoms with Crippen LogP contribution in [0.5, 0.6) is 0 Å². The molecule has 4 nitrogen and oxygen atoms in total. The first-order valence-corrected chi connectivity index (χ1v) is 7.74. The number of carboxylic acid groups (broad SMARTS) is 1. The van der Waals surface area contributed by atoms with Gasteiger partial charge in [0.2, 0.25) is 5.91 Å². The molecule has 0 spiro atoms. The smallest absolute Gasteiger partial charge is 0.330 e. The van der Waals surface area contributed by atoms with Gasteiger partial charge in [0.1, 0.15) is 0 Å². The van der Waals surface area contributed by atoms with Crippen LogP contribution in [0, 0.1) is 0 Å². The first-order valence-electron chi connectivity index (χ1n) is 7.74. The second-order valence-electron chi connectivity index (χ2n) is 5.47. The normalized spacial score (nSPS) is 13.1. The maximum Gasteiger partial charge on any atom is 0.330 e. The van der Waals surface area contributed by atoms with Gasteiger partial charge < -0.3 is 10.4 Å². The van der Waals surface area contributed by atoms with Crippen molar-refractivity contribution in [3.05, 3.63) is 71.8 Å². The number of rotatable bonds is 7. The lowest BCUT2D eigenvalue weighted by Gasteiger charge is -2.18. The number of amides is 1. The highest BCUT2D eigenvalue weighted by atomic mass is 16.4. The molecule has 0 aliphatic heterocycles. The molecule has 120 valence electrons. The Labute approximate surface area is 136 Å². The number of carbonyl (C=O) groups excluding carboxylic acids is 1. The summed E-state index contributed by atoms with van der Waals surface area (Å²) in [6.45, 7) is 2.02. The van der Waals surface area contributed by atoms with E-state index in [4.69, 9.17) is 0 Å². The highest BCUT2D eigenvalue weighted by Gasteiger charge is 2.23. The van der Waals surface area contributed by atoms with Gasteiger partial charge in [-0.25, -0.2) is 4.79 Å². The van der Waals surface area contributed by atoms with E-state index in [-0.39, 0.29) is 18.2 Å². The zero-order valence-electron chi connectivity index (χ0n) is 13.1.